The summed E-state index contributed by atoms with van der Waals surface area (Å²) in [4.78, 5) is 31.3. The van der Waals surface area contributed by atoms with Crippen molar-refractivity contribution in [1.29, 1.82) is 0 Å². The van der Waals surface area contributed by atoms with E-state index in [1.807, 2.05) is 25.1 Å². The second kappa shape index (κ2) is 8.21. The number of para-hydroxylation sites is 1. The molecule has 1 saturated heterocycles. The first kappa shape index (κ1) is 19.4. The first-order valence-electron chi connectivity index (χ1n) is 9.61. The van der Waals surface area contributed by atoms with Gasteiger partial charge in [-0.05, 0) is 44.0 Å². The Morgan fingerprint density at radius 3 is 2.93 bits per heavy atom. The molecule has 1 atom stereocenters. The molecule has 0 aliphatic carbocycles. The monoisotopic (exact) mass is 410 g/mol. The van der Waals surface area contributed by atoms with E-state index < -0.39 is 5.97 Å². The fourth-order valence-corrected chi connectivity index (χ4v) is 4.67. The highest BCUT2D eigenvalue weighted by atomic mass is 32.1. The predicted molar refractivity (Wildman–Crippen MR) is 111 cm³/mol. The maximum atomic E-state index is 12.6. The molecule has 1 aliphatic heterocycles. The summed E-state index contributed by atoms with van der Waals surface area (Å²) in [5.74, 6) is -0.876. The normalized spacial score (nSPS) is 16.7. The third-order valence-corrected chi connectivity index (χ3v) is 6.33. The van der Waals surface area contributed by atoms with E-state index in [1.165, 1.54) is 6.07 Å². The summed E-state index contributed by atoms with van der Waals surface area (Å²) in [6, 6.07) is 12.7. The van der Waals surface area contributed by atoms with Crippen LogP contribution in [0, 0.1) is 6.92 Å². The van der Waals surface area contributed by atoms with Gasteiger partial charge in [0.1, 0.15) is 11.3 Å². The van der Waals surface area contributed by atoms with Crippen molar-refractivity contribution < 1.29 is 19.4 Å². The van der Waals surface area contributed by atoms with Gasteiger partial charge in [0.25, 0.3) is 5.91 Å². The van der Waals surface area contributed by atoms with Crippen LogP contribution >= 0.6 is 11.3 Å². The Morgan fingerprint density at radius 1 is 1.28 bits per heavy atom. The average molecular weight is 410 g/mol. The van der Waals surface area contributed by atoms with Gasteiger partial charge in [-0.15, -0.1) is 11.3 Å². The van der Waals surface area contributed by atoms with E-state index >= 15 is 0 Å². The van der Waals surface area contributed by atoms with Crippen LogP contribution in [0.2, 0.25) is 0 Å². The smallest absolute Gasteiger partial charge is 0.342 e. The van der Waals surface area contributed by atoms with Crippen molar-refractivity contribution in [2.24, 2.45) is 0 Å². The number of carbonyl (C=O) groups is 2. The number of hydrogen-bond acceptors (Lipinski definition) is 6. The number of aromatic nitrogens is 1. The van der Waals surface area contributed by atoms with Gasteiger partial charge in [-0.3, -0.25) is 4.79 Å². The number of nitrogens with zero attached hydrogens (tertiary/aromatic N) is 2. The SMILES string of the molecule is Cc1ccc(O)c(C(=O)OCC(=O)N2CCC[C@@H](c3nc4ccccc4s3)C2)c1. The van der Waals surface area contributed by atoms with Crippen LogP contribution < -0.4 is 0 Å². The number of hydrogen-bond donors (Lipinski definition) is 1. The van der Waals surface area contributed by atoms with Crippen molar-refractivity contribution >= 4 is 33.4 Å². The van der Waals surface area contributed by atoms with Crippen LogP contribution in [0.25, 0.3) is 10.2 Å². The first-order valence-corrected chi connectivity index (χ1v) is 10.4. The lowest BCUT2D eigenvalue weighted by Gasteiger charge is -2.31. The lowest BCUT2D eigenvalue weighted by Crippen LogP contribution is -2.41. The van der Waals surface area contributed by atoms with Crippen LogP contribution in [-0.4, -0.2) is 46.6 Å². The zero-order valence-electron chi connectivity index (χ0n) is 16.1. The largest absolute Gasteiger partial charge is 0.507 e. The van der Waals surface area contributed by atoms with Gasteiger partial charge in [-0.1, -0.05) is 23.8 Å². The maximum absolute atomic E-state index is 12.6. The van der Waals surface area contributed by atoms with E-state index in [1.54, 1.807) is 28.4 Å². The van der Waals surface area contributed by atoms with Crippen molar-refractivity contribution in [3.05, 3.63) is 58.6 Å². The third kappa shape index (κ3) is 4.24. The highest BCUT2D eigenvalue weighted by molar-refractivity contribution is 7.18. The number of phenolic OH excluding ortho intramolecular Hbond substituents is 1. The molecule has 1 N–H and O–H groups in total. The van der Waals surface area contributed by atoms with Gasteiger partial charge in [0, 0.05) is 19.0 Å². The lowest BCUT2D eigenvalue weighted by molar-refractivity contribution is -0.135. The number of aryl methyl sites for hydroxylation is 1. The molecular formula is C22H22N2O4S. The molecule has 7 heteroatoms. The number of aromatic hydroxyl groups is 1. The number of thiazole rings is 1. The number of amides is 1. The second-order valence-electron chi connectivity index (χ2n) is 7.30. The molecule has 1 aromatic heterocycles. The first-order chi connectivity index (χ1) is 14.0. The quantitative estimate of drug-likeness (QED) is 0.661. The van der Waals surface area contributed by atoms with Crippen LogP contribution in [0.4, 0.5) is 0 Å². The summed E-state index contributed by atoms with van der Waals surface area (Å²) in [7, 11) is 0. The molecule has 2 aromatic carbocycles. The van der Waals surface area contributed by atoms with Gasteiger partial charge < -0.3 is 14.7 Å². The molecule has 0 unspecified atom stereocenters. The molecular weight excluding hydrogens is 388 g/mol. The number of phenols is 1. The molecule has 29 heavy (non-hydrogen) atoms. The number of benzene rings is 2. The van der Waals surface area contributed by atoms with Crippen LogP contribution in [0.1, 0.15) is 39.7 Å². The van der Waals surface area contributed by atoms with E-state index in [9.17, 15) is 14.7 Å². The Balaban J connectivity index is 1.38. The van der Waals surface area contributed by atoms with Gasteiger partial charge in [0.2, 0.25) is 0 Å². The van der Waals surface area contributed by atoms with Gasteiger partial charge in [0.05, 0.1) is 15.2 Å². The molecule has 0 spiro atoms. The fourth-order valence-electron chi connectivity index (χ4n) is 3.58. The fraction of sp³-hybridized carbons (Fsp3) is 0.318. The number of likely N-dealkylation sites (tertiary alicyclic amines) is 1. The van der Waals surface area contributed by atoms with E-state index in [4.69, 9.17) is 9.72 Å². The predicted octanol–water partition coefficient (Wildman–Crippen LogP) is 3.87. The average Bonchev–Trinajstić information content (AvgIpc) is 3.18. The van der Waals surface area contributed by atoms with E-state index in [-0.39, 0.29) is 29.7 Å². The summed E-state index contributed by atoms with van der Waals surface area (Å²) in [6.07, 6.45) is 1.87. The summed E-state index contributed by atoms with van der Waals surface area (Å²) < 4.78 is 6.32. The minimum atomic E-state index is -0.695. The van der Waals surface area contributed by atoms with Crippen LogP contribution in [0.15, 0.2) is 42.5 Å². The number of rotatable bonds is 4. The molecule has 0 radical (unpaired) electrons. The van der Waals surface area contributed by atoms with E-state index in [2.05, 4.69) is 6.07 Å². The van der Waals surface area contributed by atoms with Crippen molar-refractivity contribution in [3.8, 4) is 5.75 Å². The standard InChI is InChI=1S/C22H22N2O4S/c1-14-8-9-18(25)16(11-14)22(27)28-13-20(26)24-10-4-5-15(12-24)21-23-17-6-2-3-7-19(17)29-21/h2-3,6-9,11,15,25H,4-5,10,12-13H2,1H3/t15-/m1/s1. The molecule has 6 nitrogen and oxygen atoms in total. The zero-order chi connectivity index (χ0) is 20.4. The number of piperidine rings is 1. The van der Waals surface area contributed by atoms with Crippen molar-refractivity contribution in [2.45, 2.75) is 25.7 Å². The molecule has 150 valence electrons. The van der Waals surface area contributed by atoms with Crippen molar-refractivity contribution in [2.75, 3.05) is 19.7 Å². The second-order valence-corrected chi connectivity index (χ2v) is 8.36. The Kier molecular flexibility index (Phi) is 5.49. The zero-order valence-corrected chi connectivity index (χ0v) is 16.9. The minimum Gasteiger partial charge on any atom is -0.507 e. The van der Waals surface area contributed by atoms with Gasteiger partial charge in [-0.25, -0.2) is 9.78 Å². The van der Waals surface area contributed by atoms with Crippen LogP contribution in [-0.2, 0) is 9.53 Å². The Labute approximate surface area is 172 Å². The summed E-state index contributed by atoms with van der Waals surface area (Å²) >= 11 is 1.67. The topological polar surface area (TPSA) is 79.7 Å². The Hall–Kier alpha value is -2.93. The summed E-state index contributed by atoms with van der Waals surface area (Å²) in [5.41, 5.74) is 1.89. The highest BCUT2D eigenvalue weighted by Crippen LogP contribution is 2.33. The Bertz CT molecular complexity index is 1030. The van der Waals surface area contributed by atoms with Crippen molar-refractivity contribution in [3.63, 3.8) is 0 Å². The summed E-state index contributed by atoms with van der Waals surface area (Å²) in [5, 5.41) is 10.9. The Morgan fingerprint density at radius 2 is 2.10 bits per heavy atom. The minimum absolute atomic E-state index is 0.0730. The molecule has 1 fully saturated rings. The number of esters is 1. The number of fused-ring (bicyclic) bond motifs is 1. The van der Waals surface area contributed by atoms with Gasteiger partial charge in [-0.2, -0.15) is 0 Å². The van der Waals surface area contributed by atoms with E-state index in [0.29, 0.717) is 13.1 Å². The summed E-state index contributed by atoms with van der Waals surface area (Å²) in [6.45, 7) is 2.70. The van der Waals surface area contributed by atoms with Gasteiger partial charge in [0.15, 0.2) is 6.61 Å². The third-order valence-electron chi connectivity index (χ3n) is 5.13. The molecule has 0 saturated carbocycles. The number of carbonyl (C=O) groups excluding carboxylic acids is 2. The maximum Gasteiger partial charge on any atom is 0.342 e. The molecule has 1 amide bonds. The molecule has 3 aromatic rings. The molecule has 4 rings (SSSR count). The van der Waals surface area contributed by atoms with Crippen LogP contribution in [0.3, 0.4) is 0 Å². The van der Waals surface area contributed by atoms with E-state index in [0.717, 1.165) is 33.6 Å². The van der Waals surface area contributed by atoms with Crippen LogP contribution in [0.5, 0.6) is 5.75 Å². The van der Waals surface area contributed by atoms with Crippen molar-refractivity contribution in [1.82, 2.24) is 9.88 Å². The lowest BCUT2D eigenvalue weighted by atomic mass is 9.99. The highest BCUT2D eigenvalue weighted by Gasteiger charge is 2.27. The molecule has 2 heterocycles. The molecule has 1 aliphatic rings. The molecule has 0 bridgehead atoms. The number of ether oxygens (including phenoxy) is 1. The van der Waals surface area contributed by atoms with Gasteiger partial charge >= 0.3 is 5.97 Å².